The van der Waals surface area contributed by atoms with Gasteiger partial charge in [-0.1, -0.05) is 0 Å². The summed E-state index contributed by atoms with van der Waals surface area (Å²) in [6.07, 6.45) is 9.18. The minimum absolute atomic E-state index is 0.250. The van der Waals surface area contributed by atoms with Crippen LogP contribution in [0.1, 0.15) is 11.9 Å². The van der Waals surface area contributed by atoms with Crippen LogP contribution >= 0.6 is 0 Å². The van der Waals surface area contributed by atoms with E-state index in [4.69, 9.17) is 0 Å². The molecule has 0 bridgehead atoms. The Morgan fingerprint density at radius 1 is 1.18 bits per heavy atom. The zero-order valence-electron chi connectivity index (χ0n) is 12.7. The van der Waals surface area contributed by atoms with Crippen LogP contribution in [0.5, 0.6) is 0 Å². The van der Waals surface area contributed by atoms with E-state index >= 15 is 0 Å². The SMILES string of the molecule is CN1CCN(c2cncc3nncn23)CC1c1nccn1C. The molecule has 114 valence electrons. The first-order valence-electron chi connectivity index (χ1n) is 7.30. The minimum Gasteiger partial charge on any atom is -0.353 e. The topological polar surface area (TPSA) is 67.4 Å². The second kappa shape index (κ2) is 5.06. The highest BCUT2D eigenvalue weighted by atomic mass is 15.4. The fourth-order valence-electron chi connectivity index (χ4n) is 3.03. The van der Waals surface area contributed by atoms with E-state index in [1.54, 1.807) is 12.5 Å². The number of aryl methyl sites for hydroxylation is 1. The van der Waals surface area contributed by atoms with E-state index < -0.39 is 0 Å². The van der Waals surface area contributed by atoms with Gasteiger partial charge in [-0.15, -0.1) is 10.2 Å². The van der Waals surface area contributed by atoms with Crippen molar-refractivity contribution in [2.75, 3.05) is 31.6 Å². The van der Waals surface area contributed by atoms with E-state index in [9.17, 15) is 0 Å². The summed E-state index contributed by atoms with van der Waals surface area (Å²) in [5, 5.41) is 8.04. The lowest BCUT2D eigenvalue weighted by Gasteiger charge is -2.39. The number of hydrogen-bond donors (Lipinski definition) is 0. The number of likely N-dealkylation sites (N-methyl/N-ethyl adjacent to an activating group) is 1. The lowest BCUT2D eigenvalue weighted by Crippen LogP contribution is -2.48. The Hall–Kier alpha value is -2.48. The van der Waals surface area contributed by atoms with Crippen LogP contribution in [-0.4, -0.2) is 60.7 Å². The van der Waals surface area contributed by atoms with E-state index in [0.717, 1.165) is 36.9 Å². The molecule has 1 aliphatic rings. The van der Waals surface area contributed by atoms with E-state index in [-0.39, 0.29) is 6.04 Å². The van der Waals surface area contributed by atoms with Crippen LogP contribution in [0.15, 0.2) is 31.1 Å². The summed E-state index contributed by atoms with van der Waals surface area (Å²) in [4.78, 5) is 13.5. The standard InChI is InChI=1S/C14H18N8/c1-19-5-6-21(9-11(19)14-16-3-4-20(14)2)13-8-15-7-12-18-17-10-22(12)13/h3-4,7-8,10-11H,5-6,9H2,1-2H3. The van der Waals surface area contributed by atoms with Gasteiger partial charge in [0.1, 0.15) is 18.0 Å². The molecule has 0 spiro atoms. The highest BCUT2D eigenvalue weighted by molar-refractivity contribution is 5.48. The number of imidazole rings is 1. The van der Waals surface area contributed by atoms with Gasteiger partial charge in [-0.25, -0.2) is 4.98 Å². The quantitative estimate of drug-likeness (QED) is 0.680. The second-order valence-corrected chi connectivity index (χ2v) is 5.66. The first-order chi connectivity index (χ1) is 10.7. The first-order valence-corrected chi connectivity index (χ1v) is 7.30. The number of aromatic nitrogens is 6. The Kier molecular flexibility index (Phi) is 3.04. The lowest BCUT2D eigenvalue weighted by atomic mass is 10.1. The van der Waals surface area contributed by atoms with Crippen molar-refractivity contribution in [1.82, 2.24) is 34.0 Å². The van der Waals surface area contributed by atoms with Gasteiger partial charge in [0.2, 0.25) is 0 Å². The molecule has 0 saturated carbocycles. The Morgan fingerprint density at radius 2 is 2.09 bits per heavy atom. The average molecular weight is 298 g/mol. The van der Waals surface area contributed by atoms with Crippen LogP contribution in [0.3, 0.4) is 0 Å². The van der Waals surface area contributed by atoms with Crippen molar-refractivity contribution in [3.05, 3.63) is 36.9 Å². The molecule has 1 atom stereocenters. The van der Waals surface area contributed by atoms with Crippen molar-refractivity contribution >= 4 is 11.5 Å². The number of fused-ring (bicyclic) bond motifs is 1. The molecule has 0 N–H and O–H groups in total. The number of nitrogens with zero attached hydrogens (tertiary/aromatic N) is 8. The highest BCUT2D eigenvalue weighted by Crippen LogP contribution is 2.26. The third-order valence-electron chi connectivity index (χ3n) is 4.33. The van der Waals surface area contributed by atoms with Gasteiger partial charge < -0.3 is 9.47 Å². The molecular weight excluding hydrogens is 280 g/mol. The molecular formula is C14H18N8. The molecule has 3 aromatic rings. The smallest absolute Gasteiger partial charge is 0.180 e. The average Bonchev–Trinajstić information content (AvgIpc) is 3.16. The molecule has 8 nitrogen and oxygen atoms in total. The maximum atomic E-state index is 4.52. The monoisotopic (exact) mass is 298 g/mol. The van der Waals surface area contributed by atoms with E-state index in [1.165, 1.54) is 0 Å². The summed E-state index contributed by atoms with van der Waals surface area (Å²) in [5.74, 6) is 2.10. The molecule has 1 unspecified atom stereocenters. The Balaban J connectivity index is 1.69. The maximum absolute atomic E-state index is 4.52. The molecule has 0 amide bonds. The van der Waals surface area contributed by atoms with Crippen molar-refractivity contribution < 1.29 is 0 Å². The first kappa shape index (κ1) is 13.2. The lowest BCUT2D eigenvalue weighted by molar-refractivity contribution is 0.208. The molecule has 1 saturated heterocycles. The normalized spacial score (nSPS) is 19.9. The number of rotatable bonds is 2. The molecule has 1 aliphatic heterocycles. The molecule has 3 aromatic heterocycles. The Bertz CT molecular complexity index is 791. The van der Waals surface area contributed by atoms with Gasteiger partial charge >= 0.3 is 0 Å². The van der Waals surface area contributed by atoms with Gasteiger partial charge in [0.25, 0.3) is 0 Å². The van der Waals surface area contributed by atoms with E-state index in [2.05, 4.69) is 41.6 Å². The summed E-state index contributed by atoms with van der Waals surface area (Å²) in [5.41, 5.74) is 0.768. The second-order valence-electron chi connectivity index (χ2n) is 5.66. The summed E-state index contributed by atoms with van der Waals surface area (Å²) >= 11 is 0. The predicted octanol–water partition coefficient (Wildman–Crippen LogP) is 0.351. The molecule has 0 radical (unpaired) electrons. The van der Waals surface area contributed by atoms with Crippen molar-refractivity contribution in [3.8, 4) is 0 Å². The van der Waals surface area contributed by atoms with Gasteiger partial charge in [0, 0.05) is 39.1 Å². The summed E-state index contributed by atoms with van der Waals surface area (Å²) in [6, 6.07) is 0.250. The third kappa shape index (κ3) is 2.03. The van der Waals surface area contributed by atoms with Crippen LogP contribution in [0.2, 0.25) is 0 Å². The number of hydrogen-bond acceptors (Lipinski definition) is 6. The number of anilines is 1. The van der Waals surface area contributed by atoms with E-state index in [1.807, 2.05) is 30.0 Å². The fraction of sp³-hybridized carbons (Fsp3) is 0.429. The predicted molar refractivity (Wildman–Crippen MR) is 81.6 cm³/mol. The maximum Gasteiger partial charge on any atom is 0.180 e. The van der Waals surface area contributed by atoms with Crippen molar-refractivity contribution in [1.29, 1.82) is 0 Å². The molecule has 1 fully saturated rings. The minimum atomic E-state index is 0.250. The van der Waals surface area contributed by atoms with Crippen molar-refractivity contribution in [2.45, 2.75) is 6.04 Å². The molecule has 4 heterocycles. The Morgan fingerprint density at radius 3 is 2.91 bits per heavy atom. The zero-order valence-corrected chi connectivity index (χ0v) is 12.7. The van der Waals surface area contributed by atoms with E-state index in [0.29, 0.717) is 0 Å². The fourth-order valence-corrected chi connectivity index (χ4v) is 3.03. The highest BCUT2D eigenvalue weighted by Gasteiger charge is 2.29. The van der Waals surface area contributed by atoms with Gasteiger partial charge in [-0.3, -0.25) is 14.3 Å². The summed E-state index contributed by atoms with van der Waals surface area (Å²) in [6.45, 7) is 2.77. The van der Waals surface area contributed by atoms with Crippen molar-refractivity contribution in [2.24, 2.45) is 7.05 Å². The summed E-state index contributed by atoms with van der Waals surface area (Å²) < 4.78 is 4.07. The molecule has 22 heavy (non-hydrogen) atoms. The van der Waals surface area contributed by atoms with Gasteiger partial charge in [-0.2, -0.15) is 0 Å². The zero-order chi connectivity index (χ0) is 15.1. The largest absolute Gasteiger partial charge is 0.353 e. The van der Waals surface area contributed by atoms with Gasteiger partial charge in [0.05, 0.1) is 18.4 Å². The van der Waals surface area contributed by atoms with Crippen LogP contribution in [0.4, 0.5) is 5.82 Å². The van der Waals surface area contributed by atoms with Crippen molar-refractivity contribution in [3.63, 3.8) is 0 Å². The van der Waals surface area contributed by atoms with Crippen LogP contribution in [0, 0.1) is 0 Å². The van der Waals surface area contributed by atoms with Gasteiger partial charge in [-0.05, 0) is 7.05 Å². The van der Waals surface area contributed by atoms with Crippen LogP contribution < -0.4 is 4.90 Å². The molecule has 0 aliphatic carbocycles. The van der Waals surface area contributed by atoms with Crippen LogP contribution in [0.25, 0.3) is 5.65 Å². The van der Waals surface area contributed by atoms with Crippen LogP contribution in [-0.2, 0) is 7.05 Å². The molecule has 8 heteroatoms. The Labute approximate surface area is 128 Å². The molecule has 0 aromatic carbocycles. The third-order valence-corrected chi connectivity index (χ3v) is 4.33. The summed E-state index contributed by atoms with van der Waals surface area (Å²) in [7, 11) is 4.19. The molecule has 4 rings (SSSR count). The number of piperazine rings is 1. The van der Waals surface area contributed by atoms with Gasteiger partial charge in [0.15, 0.2) is 5.65 Å².